The van der Waals surface area contributed by atoms with Crippen LogP contribution in [0.15, 0.2) is 23.3 Å². The van der Waals surface area contributed by atoms with E-state index in [-0.39, 0.29) is 0 Å². The smallest absolute Gasteiger partial charge is 0.0722 e. The van der Waals surface area contributed by atoms with E-state index in [0.717, 1.165) is 6.54 Å². The molecule has 0 saturated carbocycles. The fourth-order valence-electron chi connectivity index (χ4n) is 1.48. The lowest BCUT2D eigenvalue weighted by molar-refractivity contribution is 0.795. The highest BCUT2D eigenvalue weighted by Gasteiger charge is 2.10. The minimum atomic E-state index is 0.571. The molecule has 1 nitrogen and oxygen atoms in total. The van der Waals surface area contributed by atoms with Gasteiger partial charge in [0, 0.05) is 12.3 Å². The van der Waals surface area contributed by atoms with E-state index in [1.54, 1.807) is 0 Å². The standard InChI is InChI=1S/C12H21NS/c1-10(2)5-4-6-11(3)9-12-13-7-8-14-12/h5,9,12-13H,4,6-8H2,1-3H3/b11-9+. The molecule has 0 aromatic heterocycles. The van der Waals surface area contributed by atoms with Gasteiger partial charge in [-0.25, -0.2) is 0 Å². The summed E-state index contributed by atoms with van der Waals surface area (Å²) in [6.45, 7) is 7.72. The van der Waals surface area contributed by atoms with Gasteiger partial charge in [0.2, 0.25) is 0 Å². The van der Waals surface area contributed by atoms with Gasteiger partial charge in [-0.3, -0.25) is 0 Å². The molecule has 0 aliphatic carbocycles. The van der Waals surface area contributed by atoms with Crippen LogP contribution in [0.25, 0.3) is 0 Å². The molecule has 0 spiro atoms. The SMILES string of the molecule is CC(C)=CCC/C(C)=C/C1NCCS1. The maximum atomic E-state index is 3.46. The van der Waals surface area contributed by atoms with Crippen molar-refractivity contribution in [2.24, 2.45) is 0 Å². The van der Waals surface area contributed by atoms with Crippen LogP contribution in [0.1, 0.15) is 33.6 Å². The molecular weight excluding hydrogens is 190 g/mol. The molecule has 0 aromatic carbocycles. The number of nitrogens with one attached hydrogen (secondary N) is 1. The largest absolute Gasteiger partial charge is 0.301 e. The van der Waals surface area contributed by atoms with Crippen molar-refractivity contribution < 1.29 is 0 Å². The van der Waals surface area contributed by atoms with E-state index in [1.165, 1.54) is 29.7 Å². The first-order chi connectivity index (χ1) is 6.68. The second kappa shape index (κ2) is 6.31. The zero-order valence-corrected chi connectivity index (χ0v) is 10.3. The Morgan fingerprint density at radius 1 is 1.43 bits per heavy atom. The highest BCUT2D eigenvalue weighted by atomic mass is 32.2. The van der Waals surface area contributed by atoms with Gasteiger partial charge in [-0.2, -0.15) is 0 Å². The van der Waals surface area contributed by atoms with Crippen LogP contribution < -0.4 is 5.32 Å². The second-order valence-corrected chi connectivity index (χ2v) is 5.33. The van der Waals surface area contributed by atoms with E-state index >= 15 is 0 Å². The molecule has 0 radical (unpaired) electrons. The molecule has 2 heteroatoms. The molecule has 1 aliphatic heterocycles. The molecule has 1 heterocycles. The Balaban J connectivity index is 2.26. The second-order valence-electron chi connectivity index (χ2n) is 4.08. The van der Waals surface area contributed by atoms with Gasteiger partial charge in [-0.05, 0) is 33.6 Å². The van der Waals surface area contributed by atoms with Crippen molar-refractivity contribution >= 4 is 11.8 Å². The molecule has 1 N–H and O–H groups in total. The summed E-state index contributed by atoms with van der Waals surface area (Å²) in [6.07, 6.45) is 7.06. The van der Waals surface area contributed by atoms with Crippen molar-refractivity contribution in [2.75, 3.05) is 12.3 Å². The number of hydrogen-bond acceptors (Lipinski definition) is 2. The normalized spacial score (nSPS) is 22.5. The summed E-state index contributed by atoms with van der Waals surface area (Å²) in [7, 11) is 0. The van der Waals surface area contributed by atoms with Crippen LogP contribution in [0.3, 0.4) is 0 Å². The Kier molecular flexibility index (Phi) is 5.34. The molecule has 1 atom stereocenters. The molecule has 80 valence electrons. The molecule has 1 rings (SSSR count). The van der Waals surface area contributed by atoms with Crippen molar-refractivity contribution in [3.05, 3.63) is 23.3 Å². The molecule has 1 aliphatic rings. The summed E-state index contributed by atoms with van der Waals surface area (Å²) < 4.78 is 0. The van der Waals surface area contributed by atoms with Crippen LogP contribution in [-0.4, -0.2) is 17.7 Å². The van der Waals surface area contributed by atoms with Crippen LogP contribution in [0, 0.1) is 0 Å². The molecular formula is C12H21NS. The third-order valence-electron chi connectivity index (χ3n) is 2.27. The van der Waals surface area contributed by atoms with Crippen LogP contribution in [0.4, 0.5) is 0 Å². The highest BCUT2D eigenvalue weighted by molar-refractivity contribution is 8.00. The minimum Gasteiger partial charge on any atom is -0.301 e. The first kappa shape index (κ1) is 11.9. The predicted molar refractivity (Wildman–Crippen MR) is 66.7 cm³/mol. The van der Waals surface area contributed by atoms with Gasteiger partial charge in [0.25, 0.3) is 0 Å². The number of hydrogen-bond donors (Lipinski definition) is 1. The predicted octanol–water partition coefficient (Wildman–Crippen LogP) is 3.34. The van der Waals surface area contributed by atoms with E-state index in [9.17, 15) is 0 Å². The van der Waals surface area contributed by atoms with Gasteiger partial charge in [-0.15, -0.1) is 11.8 Å². The maximum absolute atomic E-state index is 3.46. The van der Waals surface area contributed by atoms with Crippen LogP contribution in [0.5, 0.6) is 0 Å². The Morgan fingerprint density at radius 2 is 2.21 bits per heavy atom. The summed E-state index contributed by atoms with van der Waals surface area (Å²) in [4.78, 5) is 0. The van der Waals surface area contributed by atoms with Crippen molar-refractivity contribution in [2.45, 2.75) is 39.0 Å². The number of allylic oxidation sites excluding steroid dienone is 3. The van der Waals surface area contributed by atoms with Crippen LogP contribution in [0.2, 0.25) is 0 Å². The van der Waals surface area contributed by atoms with Gasteiger partial charge >= 0.3 is 0 Å². The quantitative estimate of drug-likeness (QED) is 0.716. The van der Waals surface area contributed by atoms with E-state index in [0.29, 0.717) is 5.37 Å². The van der Waals surface area contributed by atoms with Crippen molar-refractivity contribution in [1.29, 1.82) is 0 Å². The molecule has 0 amide bonds. The van der Waals surface area contributed by atoms with Crippen molar-refractivity contribution in [3.8, 4) is 0 Å². The van der Waals surface area contributed by atoms with Gasteiger partial charge in [0.1, 0.15) is 0 Å². The highest BCUT2D eigenvalue weighted by Crippen LogP contribution is 2.18. The van der Waals surface area contributed by atoms with E-state index < -0.39 is 0 Å². The molecule has 0 aromatic rings. The average molecular weight is 211 g/mol. The fourth-order valence-corrected chi connectivity index (χ4v) is 2.54. The van der Waals surface area contributed by atoms with E-state index in [2.05, 4.69) is 38.2 Å². The zero-order chi connectivity index (χ0) is 10.4. The molecule has 1 saturated heterocycles. The third kappa shape index (κ3) is 4.87. The first-order valence-corrected chi connectivity index (χ1v) is 6.39. The van der Waals surface area contributed by atoms with Crippen LogP contribution in [-0.2, 0) is 0 Å². The summed E-state index contributed by atoms with van der Waals surface area (Å²) >= 11 is 2.01. The Morgan fingerprint density at radius 3 is 2.79 bits per heavy atom. The van der Waals surface area contributed by atoms with Crippen LogP contribution >= 0.6 is 11.8 Å². The molecule has 0 bridgehead atoms. The summed E-state index contributed by atoms with van der Waals surface area (Å²) in [5.74, 6) is 1.25. The topological polar surface area (TPSA) is 12.0 Å². The Bertz CT molecular complexity index is 220. The molecule has 1 unspecified atom stereocenters. The summed E-state index contributed by atoms with van der Waals surface area (Å²) in [5, 5.41) is 4.03. The molecule has 1 fully saturated rings. The van der Waals surface area contributed by atoms with Gasteiger partial charge in [0.05, 0.1) is 5.37 Å². The monoisotopic (exact) mass is 211 g/mol. The van der Waals surface area contributed by atoms with E-state index in [4.69, 9.17) is 0 Å². The lowest BCUT2D eigenvalue weighted by atomic mass is 10.1. The Hall–Kier alpha value is -0.210. The average Bonchev–Trinajstić information content (AvgIpc) is 2.56. The van der Waals surface area contributed by atoms with Crippen molar-refractivity contribution in [3.63, 3.8) is 0 Å². The van der Waals surface area contributed by atoms with Gasteiger partial charge < -0.3 is 5.32 Å². The Labute approximate surface area is 92.0 Å². The lowest BCUT2D eigenvalue weighted by Gasteiger charge is -2.05. The summed E-state index contributed by atoms with van der Waals surface area (Å²) in [6, 6.07) is 0. The van der Waals surface area contributed by atoms with E-state index in [1.807, 2.05) is 11.8 Å². The number of rotatable bonds is 4. The zero-order valence-electron chi connectivity index (χ0n) is 9.47. The molecule has 14 heavy (non-hydrogen) atoms. The van der Waals surface area contributed by atoms with Gasteiger partial charge in [0.15, 0.2) is 0 Å². The third-order valence-corrected chi connectivity index (χ3v) is 3.37. The minimum absolute atomic E-state index is 0.571. The first-order valence-electron chi connectivity index (χ1n) is 5.34. The maximum Gasteiger partial charge on any atom is 0.0722 e. The fraction of sp³-hybridized carbons (Fsp3) is 0.667. The van der Waals surface area contributed by atoms with Crippen molar-refractivity contribution in [1.82, 2.24) is 5.32 Å². The number of thioether (sulfide) groups is 1. The van der Waals surface area contributed by atoms with Gasteiger partial charge in [-0.1, -0.05) is 23.3 Å². The summed E-state index contributed by atoms with van der Waals surface area (Å²) in [5.41, 5.74) is 2.93. The lowest BCUT2D eigenvalue weighted by Crippen LogP contribution is -2.17.